The van der Waals surface area contributed by atoms with E-state index < -0.39 is 11.7 Å². The lowest BCUT2D eigenvalue weighted by molar-refractivity contribution is -0.137. The predicted molar refractivity (Wildman–Crippen MR) is 128 cm³/mol. The number of aromatic nitrogens is 3. The van der Waals surface area contributed by atoms with Crippen LogP contribution in [0.15, 0.2) is 29.4 Å². The maximum Gasteiger partial charge on any atom is 0.416 e. The molecule has 2 aliphatic heterocycles. The molecule has 2 saturated heterocycles. The lowest BCUT2D eigenvalue weighted by atomic mass is 9.81. The van der Waals surface area contributed by atoms with Crippen molar-refractivity contribution >= 4 is 17.7 Å². The predicted octanol–water partition coefficient (Wildman–Crippen LogP) is 4.36. The first-order valence-corrected chi connectivity index (χ1v) is 13.3. The minimum Gasteiger partial charge on any atom is -0.346 e. The fourth-order valence-corrected chi connectivity index (χ4v) is 7.09. The Balaban J connectivity index is 1.22. The number of carbonyl (C=O) groups is 1. The second-order valence-corrected chi connectivity index (χ2v) is 11.5. The molecule has 1 aromatic heterocycles. The summed E-state index contributed by atoms with van der Waals surface area (Å²) in [5.74, 6) is 1.99. The monoisotopic (exact) mass is 507 g/mol. The van der Waals surface area contributed by atoms with E-state index in [1.165, 1.54) is 12.1 Å². The Kier molecular flexibility index (Phi) is 6.40. The van der Waals surface area contributed by atoms with Crippen molar-refractivity contribution in [2.45, 2.75) is 61.2 Å². The molecule has 6 nitrogen and oxygen atoms in total. The summed E-state index contributed by atoms with van der Waals surface area (Å²) < 4.78 is 41.3. The number of hydrogen-bond acceptors (Lipinski definition) is 5. The van der Waals surface area contributed by atoms with E-state index in [-0.39, 0.29) is 22.7 Å². The molecular weight excluding hydrogens is 475 g/mol. The lowest BCUT2D eigenvalue weighted by Crippen LogP contribution is -2.35. The van der Waals surface area contributed by atoms with Gasteiger partial charge in [0.2, 0.25) is 5.91 Å². The molecule has 10 heteroatoms. The lowest BCUT2D eigenvalue weighted by Gasteiger charge is -2.28. The van der Waals surface area contributed by atoms with Crippen LogP contribution in [0, 0.1) is 5.41 Å². The molecule has 3 aliphatic rings. The smallest absolute Gasteiger partial charge is 0.346 e. The number of piperidine rings is 1. The molecule has 35 heavy (non-hydrogen) atoms. The summed E-state index contributed by atoms with van der Waals surface area (Å²) in [5.41, 5.74) is 0.555. The van der Waals surface area contributed by atoms with Crippen molar-refractivity contribution in [1.82, 2.24) is 25.0 Å². The maximum absolute atomic E-state index is 13.1. The summed E-state index contributed by atoms with van der Waals surface area (Å²) in [6.45, 7) is 2.64. The van der Waals surface area contributed by atoms with Crippen LogP contribution in [0.1, 0.15) is 61.4 Å². The van der Waals surface area contributed by atoms with Gasteiger partial charge in [-0.2, -0.15) is 13.2 Å². The van der Waals surface area contributed by atoms with E-state index in [0.29, 0.717) is 6.42 Å². The fraction of sp³-hybridized carbons (Fsp3) is 0.640. The zero-order valence-electron chi connectivity index (χ0n) is 20.2. The molecular formula is C25H32F3N5OS. The first-order valence-electron chi connectivity index (χ1n) is 12.3. The maximum atomic E-state index is 13.1. The van der Waals surface area contributed by atoms with Gasteiger partial charge in [0.25, 0.3) is 0 Å². The molecule has 5 rings (SSSR count). The van der Waals surface area contributed by atoms with Crippen LogP contribution < -0.4 is 5.32 Å². The Hall–Kier alpha value is -2.07. The summed E-state index contributed by atoms with van der Waals surface area (Å²) in [4.78, 5) is 13.9. The Morgan fingerprint density at radius 3 is 2.63 bits per heavy atom. The number of carbonyl (C=O) groups excluding carboxylic acids is 1. The zero-order valence-corrected chi connectivity index (χ0v) is 21.0. The highest BCUT2D eigenvalue weighted by molar-refractivity contribution is 7.99. The Labute approximate surface area is 208 Å². The van der Waals surface area contributed by atoms with Crippen LogP contribution in [0.4, 0.5) is 13.2 Å². The summed E-state index contributed by atoms with van der Waals surface area (Å²) >= 11 is 1.66. The van der Waals surface area contributed by atoms with Crippen LogP contribution in [-0.2, 0) is 23.4 Å². The topological polar surface area (TPSA) is 63.1 Å². The van der Waals surface area contributed by atoms with Gasteiger partial charge in [-0.25, -0.2) is 0 Å². The molecule has 0 radical (unpaired) electrons. The molecule has 1 N–H and O–H groups in total. The minimum absolute atomic E-state index is 0.0548. The normalized spacial score (nSPS) is 28.8. The molecule has 2 aromatic rings. The number of hydrogen-bond donors (Lipinski definition) is 1. The van der Waals surface area contributed by atoms with Crippen LogP contribution >= 0.6 is 11.8 Å². The zero-order chi connectivity index (χ0) is 24.8. The van der Waals surface area contributed by atoms with E-state index in [4.69, 9.17) is 0 Å². The number of halogens is 3. The molecule has 1 amide bonds. The van der Waals surface area contributed by atoms with Gasteiger partial charge in [0.15, 0.2) is 5.16 Å². The van der Waals surface area contributed by atoms with Crippen LogP contribution in [-0.4, -0.2) is 58.0 Å². The van der Waals surface area contributed by atoms with Gasteiger partial charge in [-0.05, 0) is 61.8 Å². The van der Waals surface area contributed by atoms with Gasteiger partial charge in [0, 0.05) is 50.7 Å². The summed E-state index contributed by atoms with van der Waals surface area (Å²) in [7, 11) is 3.80. The molecule has 1 aromatic carbocycles. The molecule has 1 spiro atoms. The van der Waals surface area contributed by atoms with Gasteiger partial charge in [-0.3, -0.25) is 4.79 Å². The molecule has 0 bridgehead atoms. The number of benzene rings is 1. The molecule has 3 heterocycles. The average molecular weight is 508 g/mol. The van der Waals surface area contributed by atoms with Crippen molar-refractivity contribution < 1.29 is 18.0 Å². The third-order valence-electron chi connectivity index (χ3n) is 8.41. The Bertz CT molecular complexity index is 1080. The van der Waals surface area contributed by atoms with Crippen molar-refractivity contribution in [3.05, 3.63) is 41.2 Å². The van der Waals surface area contributed by atoms with Crippen molar-refractivity contribution in [2.75, 3.05) is 32.4 Å². The Morgan fingerprint density at radius 1 is 1.20 bits per heavy atom. The number of thioether (sulfide) groups is 1. The van der Waals surface area contributed by atoms with Crippen LogP contribution in [0.5, 0.6) is 0 Å². The van der Waals surface area contributed by atoms with E-state index in [0.717, 1.165) is 74.0 Å². The third-order valence-corrected chi connectivity index (χ3v) is 9.52. The fourth-order valence-electron chi connectivity index (χ4n) is 6.23. The van der Waals surface area contributed by atoms with Crippen molar-refractivity contribution in [3.63, 3.8) is 0 Å². The molecule has 190 valence electrons. The van der Waals surface area contributed by atoms with Gasteiger partial charge < -0.3 is 14.8 Å². The highest BCUT2D eigenvalue weighted by Gasteiger charge is 2.67. The van der Waals surface area contributed by atoms with Gasteiger partial charge in [-0.1, -0.05) is 23.9 Å². The third kappa shape index (κ3) is 4.48. The number of nitrogens with one attached hydrogen (secondary N) is 1. The first kappa shape index (κ1) is 24.6. The van der Waals surface area contributed by atoms with E-state index in [2.05, 4.69) is 15.5 Å². The second-order valence-electron chi connectivity index (χ2n) is 10.4. The number of nitrogens with zero attached hydrogens (tertiary/aromatic N) is 4. The highest BCUT2D eigenvalue weighted by atomic mass is 32.2. The van der Waals surface area contributed by atoms with Crippen LogP contribution in [0.25, 0.3) is 0 Å². The number of likely N-dealkylation sites (tertiary alicyclic amines) is 1. The van der Waals surface area contributed by atoms with E-state index in [1.807, 2.05) is 18.7 Å². The van der Waals surface area contributed by atoms with E-state index in [1.54, 1.807) is 28.8 Å². The average Bonchev–Trinajstić information content (AvgIpc) is 3.08. The van der Waals surface area contributed by atoms with E-state index in [9.17, 15) is 18.0 Å². The molecule has 1 unspecified atom stereocenters. The Morgan fingerprint density at radius 2 is 1.97 bits per heavy atom. The summed E-state index contributed by atoms with van der Waals surface area (Å²) in [6, 6.07) is 5.85. The number of alkyl halides is 3. The van der Waals surface area contributed by atoms with Gasteiger partial charge in [-0.15, -0.1) is 10.2 Å². The van der Waals surface area contributed by atoms with Crippen LogP contribution in [0.2, 0.25) is 0 Å². The molecule has 3 atom stereocenters. The highest BCUT2D eigenvalue weighted by Crippen LogP contribution is 2.69. The van der Waals surface area contributed by atoms with Crippen LogP contribution in [0.3, 0.4) is 0 Å². The summed E-state index contributed by atoms with van der Waals surface area (Å²) in [5, 5.41) is 13.1. The van der Waals surface area contributed by atoms with Crippen molar-refractivity contribution in [3.8, 4) is 0 Å². The molecule has 1 aliphatic carbocycles. The van der Waals surface area contributed by atoms with Gasteiger partial charge >= 0.3 is 6.18 Å². The largest absolute Gasteiger partial charge is 0.416 e. The quantitative estimate of drug-likeness (QED) is 0.446. The number of amides is 1. The minimum atomic E-state index is -4.31. The number of rotatable bonds is 7. The second kappa shape index (κ2) is 9.10. The van der Waals surface area contributed by atoms with E-state index >= 15 is 0 Å². The molecule has 3 fully saturated rings. The molecule has 1 saturated carbocycles. The standard InChI is InChI=1S/C25H32F3N5OS/c1-32-12-8-17(14-20(32)34)21-30-31-22(33(21)2)35-13-3-9-24(15-23(24)10-11-29-16-23)18-4-6-19(7-5-18)25(26,27)28/h4-7,17,29H,3,8-16H2,1-2H3/t17?,23-,24+/m0/s1. The SMILES string of the molecule is CN1CCC(c2nnc(SCCC[C@]3(c4ccc(C(F)(F)F)cc4)C[C@]34CCNC4)n2C)CC1=O. The van der Waals surface area contributed by atoms with Gasteiger partial charge in [0.05, 0.1) is 5.56 Å². The summed E-state index contributed by atoms with van der Waals surface area (Å²) in [6.07, 6.45) is 1.05. The van der Waals surface area contributed by atoms with Gasteiger partial charge in [0.1, 0.15) is 5.82 Å². The first-order chi connectivity index (χ1) is 16.7. The van der Waals surface area contributed by atoms with Crippen molar-refractivity contribution in [2.24, 2.45) is 12.5 Å². The van der Waals surface area contributed by atoms with Crippen molar-refractivity contribution in [1.29, 1.82) is 0 Å².